The van der Waals surface area contributed by atoms with E-state index in [2.05, 4.69) is 10.2 Å². The quantitative estimate of drug-likeness (QED) is 0.491. The summed E-state index contributed by atoms with van der Waals surface area (Å²) in [6.07, 6.45) is 4.94. The van der Waals surface area contributed by atoms with Gasteiger partial charge in [0.05, 0.1) is 11.5 Å². The molecule has 2 aliphatic carbocycles. The van der Waals surface area contributed by atoms with Gasteiger partial charge in [0.1, 0.15) is 0 Å². The number of rotatable bonds is 10. The lowest BCUT2D eigenvalue weighted by molar-refractivity contribution is -0.385. The zero-order valence-corrected chi connectivity index (χ0v) is 15.1. The zero-order valence-electron chi connectivity index (χ0n) is 15.1. The van der Waals surface area contributed by atoms with Crippen molar-refractivity contribution in [2.24, 2.45) is 5.92 Å². The summed E-state index contributed by atoms with van der Waals surface area (Å²) in [6, 6.07) is 7.70. The molecule has 26 heavy (non-hydrogen) atoms. The molecule has 1 aromatic carbocycles. The van der Waals surface area contributed by atoms with Gasteiger partial charge in [0.25, 0.3) is 5.69 Å². The van der Waals surface area contributed by atoms with E-state index in [0.717, 1.165) is 24.9 Å². The van der Waals surface area contributed by atoms with Gasteiger partial charge >= 0.3 is 5.97 Å². The maximum absolute atomic E-state index is 11.1. The lowest BCUT2D eigenvalue weighted by Gasteiger charge is -2.44. The molecule has 1 atom stereocenters. The van der Waals surface area contributed by atoms with Gasteiger partial charge in [-0.1, -0.05) is 18.2 Å². The summed E-state index contributed by atoms with van der Waals surface area (Å²) in [4.78, 5) is 24.0. The third-order valence-corrected chi connectivity index (χ3v) is 5.39. The minimum Gasteiger partial charge on any atom is -0.480 e. The Hall–Kier alpha value is -1.99. The highest BCUT2D eigenvalue weighted by Gasteiger charge is 2.37. The average Bonchev–Trinajstić information content (AvgIpc) is 3.33. The van der Waals surface area contributed by atoms with Crippen LogP contribution in [0.4, 0.5) is 5.69 Å². The number of para-hydroxylation sites is 1. The molecule has 0 amide bonds. The minimum atomic E-state index is -0.758. The molecule has 7 nitrogen and oxygen atoms in total. The minimum absolute atomic E-state index is 0.125. The fraction of sp³-hybridized carbons (Fsp3) is 0.632. The molecule has 0 aromatic heterocycles. The molecule has 0 aliphatic heterocycles. The van der Waals surface area contributed by atoms with E-state index >= 15 is 0 Å². The van der Waals surface area contributed by atoms with Crippen molar-refractivity contribution in [3.63, 3.8) is 0 Å². The lowest BCUT2D eigenvalue weighted by Crippen LogP contribution is -2.56. The van der Waals surface area contributed by atoms with Crippen molar-refractivity contribution in [1.29, 1.82) is 0 Å². The molecular weight excluding hydrogens is 334 g/mol. The second kappa shape index (κ2) is 8.14. The maximum atomic E-state index is 11.1. The van der Waals surface area contributed by atoms with Gasteiger partial charge in [-0.3, -0.25) is 19.8 Å². The van der Waals surface area contributed by atoms with Crippen LogP contribution in [0.1, 0.15) is 38.2 Å². The van der Waals surface area contributed by atoms with E-state index in [1.54, 1.807) is 12.1 Å². The Morgan fingerprint density at radius 1 is 1.38 bits per heavy atom. The standard InChI is InChI=1S/C19H27N3O4/c1-13(8-15-4-2-3-5-18(15)22(25)26)20-16-9-17(10-16)21(12-19(23)24)11-14-6-7-14/h2-5,13-14,16-17,20H,6-12H2,1H3,(H,23,24). The SMILES string of the molecule is CC(Cc1ccccc1[N+](=O)[O-])NC1CC(N(CC(=O)O)CC2CC2)C1. The maximum Gasteiger partial charge on any atom is 0.317 e. The van der Waals surface area contributed by atoms with Gasteiger partial charge in [-0.25, -0.2) is 0 Å². The Kier molecular flexibility index (Phi) is 5.88. The summed E-state index contributed by atoms with van der Waals surface area (Å²) in [5, 5.41) is 23.8. The first-order valence-corrected chi connectivity index (χ1v) is 9.36. The molecule has 0 saturated heterocycles. The topological polar surface area (TPSA) is 95.7 Å². The van der Waals surface area contributed by atoms with Gasteiger partial charge in [0.2, 0.25) is 0 Å². The van der Waals surface area contributed by atoms with Crippen LogP contribution in [0.25, 0.3) is 0 Å². The Morgan fingerprint density at radius 2 is 2.08 bits per heavy atom. The van der Waals surface area contributed by atoms with Crippen LogP contribution in [-0.2, 0) is 11.2 Å². The normalized spacial score (nSPS) is 23.5. The van der Waals surface area contributed by atoms with Crippen LogP contribution in [0.2, 0.25) is 0 Å². The third kappa shape index (κ3) is 5.02. The van der Waals surface area contributed by atoms with Gasteiger partial charge in [-0.2, -0.15) is 0 Å². The second-order valence-corrected chi connectivity index (χ2v) is 7.75. The Morgan fingerprint density at radius 3 is 2.69 bits per heavy atom. The van der Waals surface area contributed by atoms with Gasteiger partial charge in [-0.05, 0) is 44.9 Å². The first-order valence-electron chi connectivity index (χ1n) is 9.36. The molecule has 0 radical (unpaired) electrons. The third-order valence-electron chi connectivity index (χ3n) is 5.39. The van der Waals surface area contributed by atoms with E-state index in [-0.39, 0.29) is 23.2 Å². The predicted octanol–water partition coefficient (Wildman–Crippen LogP) is 2.44. The van der Waals surface area contributed by atoms with Crippen molar-refractivity contribution in [1.82, 2.24) is 10.2 Å². The van der Waals surface area contributed by atoms with Crippen LogP contribution < -0.4 is 5.32 Å². The number of aliphatic carboxylic acids is 1. The van der Waals surface area contributed by atoms with E-state index < -0.39 is 5.97 Å². The van der Waals surface area contributed by atoms with E-state index in [9.17, 15) is 14.9 Å². The van der Waals surface area contributed by atoms with Crippen molar-refractivity contribution < 1.29 is 14.8 Å². The number of hydrogen-bond donors (Lipinski definition) is 2. The van der Waals surface area contributed by atoms with E-state index in [0.29, 0.717) is 24.4 Å². The van der Waals surface area contributed by atoms with Crippen LogP contribution in [0.15, 0.2) is 24.3 Å². The lowest BCUT2D eigenvalue weighted by atomic mass is 9.84. The number of nitrogens with zero attached hydrogens (tertiary/aromatic N) is 2. The number of nitrogens with one attached hydrogen (secondary N) is 1. The highest BCUT2D eigenvalue weighted by molar-refractivity contribution is 5.69. The number of carbonyl (C=O) groups is 1. The van der Waals surface area contributed by atoms with Gasteiger partial charge in [-0.15, -0.1) is 0 Å². The molecule has 2 N–H and O–H groups in total. The van der Waals surface area contributed by atoms with Crippen LogP contribution in [-0.4, -0.2) is 52.1 Å². The number of carboxylic acids is 1. The summed E-state index contributed by atoms with van der Waals surface area (Å²) in [5.41, 5.74) is 0.916. The molecule has 3 rings (SSSR count). The second-order valence-electron chi connectivity index (χ2n) is 7.75. The zero-order chi connectivity index (χ0) is 18.7. The summed E-state index contributed by atoms with van der Waals surface area (Å²) in [7, 11) is 0. The molecule has 142 valence electrons. The van der Waals surface area contributed by atoms with Crippen molar-refractivity contribution in [3.05, 3.63) is 39.9 Å². The highest BCUT2D eigenvalue weighted by Crippen LogP contribution is 2.34. The van der Waals surface area contributed by atoms with Gasteiger partial charge in [0, 0.05) is 36.3 Å². The first kappa shape index (κ1) is 18.8. The Labute approximate surface area is 153 Å². The molecule has 2 fully saturated rings. The molecule has 1 unspecified atom stereocenters. The Bertz CT molecular complexity index is 656. The summed E-state index contributed by atoms with van der Waals surface area (Å²) < 4.78 is 0. The van der Waals surface area contributed by atoms with Crippen molar-refractivity contribution in [2.45, 2.75) is 57.2 Å². The number of hydrogen-bond acceptors (Lipinski definition) is 5. The predicted molar refractivity (Wildman–Crippen MR) is 98.1 cm³/mol. The summed E-state index contributed by atoms with van der Waals surface area (Å²) >= 11 is 0. The molecule has 0 spiro atoms. The Balaban J connectivity index is 1.47. The fourth-order valence-corrected chi connectivity index (χ4v) is 3.82. The molecule has 0 heterocycles. The molecule has 1 aromatic rings. The van der Waals surface area contributed by atoms with Gasteiger partial charge in [0.15, 0.2) is 0 Å². The summed E-state index contributed by atoms with van der Waals surface area (Å²) in [5.74, 6) is -0.0780. The van der Waals surface area contributed by atoms with E-state index in [1.807, 2.05) is 19.1 Å². The molecule has 2 saturated carbocycles. The summed E-state index contributed by atoms with van der Waals surface area (Å²) in [6.45, 7) is 3.07. The van der Waals surface area contributed by atoms with Crippen LogP contribution >= 0.6 is 0 Å². The van der Waals surface area contributed by atoms with E-state index in [1.165, 1.54) is 12.8 Å². The fourth-order valence-electron chi connectivity index (χ4n) is 3.82. The highest BCUT2D eigenvalue weighted by atomic mass is 16.6. The smallest absolute Gasteiger partial charge is 0.317 e. The van der Waals surface area contributed by atoms with Crippen molar-refractivity contribution in [2.75, 3.05) is 13.1 Å². The van der Waals surface area contributed by atoms with Crippen molar-refractivity contribution in [3.8, 4) is 0 Å². The number of nitro benzene ring substituents is 1. The van der Waals surface area contributed by atoms with Crippen LogP contribution in [0.3, 0.4) is 0 Å². The van der Waals surface area contributed by atoms with E-state index in [4.69, 9.17) is 5.11 Å². The van der Waals surface area contributed by atoms with Crippen LogP contribution in [0, 0.1) is 16.0 Å². The molecule has 7 heteroatoms. The first-order chi connectivity index (χ1) is 12.4. The number of nitro groups is 1. The molecular formula is C19H27N3O4. The average molecular weight is 361 g/mol. The number of benzene rings is 1. The van der Waals surface area contributed by atoms with Gasteiger partial charge < -0.3 is 10.4 Å². The largest absolute Gasteiger partial charge is 0.480 e. The molecule has 0 bridgehead atoms. The number of carboxylic acid groups (broad SMARTS) is 1. The van der Waals surface area contributed by atoms with Crippen molar-refractivity contribution >= 4 is 11.7 Å². The monoisotopic (exact) mass is 361 g/mol. The van der Waals surface area contributed by atoms with Crippen LogP contribution in [0.5, 0.6) is 0 Å². The molecule has 2 aliphatic rings.